The van der Waals surface area contributed by atoms with Gasteiger partial charge in [-0.15, -0.1) is 0 Å². The summed E-state index contributed by atoms with van der Waals surface area (Å²) in [6.07, 6.45) is 5.98. The van der Waals surface area contributed by atoms with E-state index >= 15 is 0 Å². The zero-order valence-corrected chi connectivity index (χ0v) is 15.3. The monoisotopic (exact) mass is 333 g/mol. The maximum Gasteiger partial charge on any atom is 0.244 e. The summed E-state index contributed by atoms with van der Waals surface area (Å²) in [6.45, 7) is 11.2. The van der Waals surface area contributed by atoms with Crippen LogP contribution in [0.1, 0.15) is 25.3 Å². The molecular formula is C18H31N5O. The van der Waals surface area contributed by atoms with Crippen molar-refractivity contribution in [2.24, 2.45) is 5.92 Å². The molecule has 0 aliphatic carbocycles. The summed E-state index contributed by atoms with van der Waals surface area (Å²) >= 11 is 0. The number of hydrogen-bond acceptors (Lipinski definition) is 4. The van der Waals surface area contributed by atoms with Gasteiger partial charge < -0.3 is 9.80 Å². The molecule has 3 heterocycles. The van der Waals surface area contributed by atoms with Crippen molar-refractivity contribution in [1.29, 1.82) is 0 Å². The minimum atomic E-state index is 0.198. The highest BCUT2D eigenvalue weighted by Gasteiger charge is 2.30. The normalized spacial score (nSPS) is 22.7. The number of piperazine rings is 1. The molecule has 0 saturated carbocycles. The highest BCUT2D eigenvalue weighted by atomic mass is 16.2. The number of carbonyl (C=O) groups is 1. The standard InChI is InChI=1S/C18H31N5O/c1-15-12-19-23(13-15)14-18(24)22-6-4-17(5-7-22)16(2)21-10-8-20(3)9-11-21/h12-13,16-17H,4-11,14H2,1-3H3/t16-/m0/s1. The molecule has 2 fully saturated rings. The second kappa shape index (κ2) is 7.66. The summed E-state index contributed by atoms with van der Waals surface area (Å²) < 4.78 is 1.75. The first kappa shape index (κ1) is 17.4. The van der Waals surface area contributed by atoms with Crippen LogP contribution in [0.15, 0.2) is 12.4 Å². The van der Waals surface area contributed by atoms with Gasteiger partial charge in [-0.25, -0.2) is 0 Å². The van der Waals surface area contributed by atoms with E-state index in [-0.39, 0.29) is 5.91 Å². The first-order valence-electron chi connectivity index (χ1n) is 9.22. The van der Waals surface area contributed by atoms with E-state index in [9.17, 15) is 4.79 Å². The predicted octanol–water partition coefficient (Wildman–Crippen LogP) is 1.07. The average Bonchev–Trinajstić information content (AvgIpc) is 3.00. The molecule has 0 aromatic carbocycles. The molecule has 0 N–H and O–H groups in total. The first-order chi connectivity index (χ1) is 11.5. The van der Waals surface area contributed by atoms with Gasteiger partial charge >= 0.3 is 0 Å². The molecule has 6 heteroatoms. The van der Waals surface area contributed by atoms with E-state index in [1.54, 1.807) is 10.9 Å². The lowest BCUT2D eigenvalue weighted by Gasteiger charge is -2.42. The van der Waals surface area contributed by atoms with E-state index in [0.29, 0.717) is 18.5 Å². The van der Waals surface area contributed by atoms with E-state index in [1.165, 1.54) is 26.2 Å². The van der Waals surface area contributed by atoms with E-state index < -0.39 is 0 Å². The number of piperidine rings is 1. The van der Waals surface area contributed by atoms with Crippen LogP contribution in [0.25, 0.3) is 0 Å². The lowest BCUT2D eigenvalue weighted by molar-refractivity contribution is -0.133. The quantitative estimate of drug-likeness (QED) is 0.827. The Morgan fingerprint density at radius 1 is 1.21 bits per heavy atom. The molecule has 24 heavy (non-hydrogen) atoms. The second-order valence-corrected chi connectivity index (χ2v) is 7.51. The van der Waals surface area contributed by atoms with E-state index in [2.05, 4.69) is 28.9 Å². The van der Waals surface area contributed by atoms with Gasteiger partial charge in [0, 0.05) is 51.5 Å². The van der Waals surface area contributed by atoms with E-state index in [1.807, 2.05) is 18.0 Å². The van der Waals surface area contributed by atoms with Crippen LogP contribution in [0.5, 0.6) is 0 Å². The van der Waals surface area contributed by atoms with Gasteiger partial charge in [-0.3, -0.25) is 14.4 Å². The first-order valence-corrected chi connectivity index (χ1v) is 9.22. The number of amides is 1. The van der Waals surface area contributed by atoms with Gasteiger partial charge in [0.2, 0.25) is 5.91 Å². The number of aryl methyl sites for hydroxylation is 1. The fraction of sp³-hybridized carbons (Fsp3) is 0.778. The zero-order chi connectivity index (χ0) is 17.1. The van der Waals surface area contributed by atoms with Crippen LogP contribution in [-0.2, 0) is 11.3 Å². The van der Waals surface area contributed by atoms with Crippen molar-refractivity contribution < 1.29 is 4.79 Å². The third-order valence-electron chi connectivity index (χ3n) is 5.75. The van der Waals surface area contributed by atoms with Crippen LogP contribution in [0, 0.1) is 12.8 Å². The lowest BCUT2D eigenvalue weighted by atomic mass is 9.89. The largest absolute Gasteiger partial charge is 0.341 e. The summed E-state index contributed by atoms with van der Waals surface area (Å²) in [5, 5.41) is 4.22. The maximum atomic E-state index is 12.4. The molecule has 6 nitrogen and oxygen atoms in total. The Labute approximate surface area is 145 Å². The van der Waals surface area contributed by atoms with Gasteiger partial charge in [-0.1, -0.05) is 0 Å². The fourth-order valence-corrected chi connectivity index (χ4v) is 3.95. The average molecular weight is 333 g/mol. The number of rotatable bonds is 4. The highest BCUT2D eigenvalue weighted by Crippen LogP contribution is 2.25. The van der Waals surface area contributed by atoms with Crippen molar-refractivity contribution in [3.8, 4) is 0 Å². The van der Waals surface area contributed by atoms with Gasteiger partial charge in [0.15, 0.2) is 0 Å². The van der Waals surface area contributed by atoms with Crippen molar-refractivity contribution in [2.75, 3.05) is 46.3 Å². The number of aromatic nitrogens is 2. The Morgan fingerprint density at radius 3 is 2.46 bits per heavy atom. The molecule has 0 bridgehead atoms. The summed E-state index contributed by atoms with van der Waals surface area (Å²) in [7, 11) is 2.20. The maximum absolute atomic E-state index is 12.4. The van der Waals surface area contributed by atoms with Crippen LogP contribution in [0.4, 0.5) is 0 Å². The minimum absolute atomic E-state index is 0.198. The van der Waals surface area contributed by atoms with E-state index in [4.69, 9.17) is 0 Å². The smallest absolute Gasteiger partial charge is 0.244 e. The Bertz CT molecular complexity index is 541. The predicted molar refractivity (Wildman–Crippen MR) is 94.8 cm³/mol. The molecular weight excluding hydrogens is 302 g/mol. The topological polar surface area (TPSA) is 44.6 Å². The summed E-state index contributed by atoms with van der Waals surface area (Å²) in [5.41, 5.74) is 1.10. The molecule has 1 aromatic rings. The number of likely N-dealkylation sites (N-methyl/N-ethyl adjacent to an activating group) is 1. The van der Waals surface area contributed by atoms with Gasteiger partial charge in [0.1, 0.15) is 6.54 Å². The van der Waals surface area contributed by atoms with Crippen LogP contribution < -0.4 is 0 Å². The molecule has 2 aliphatic heterocycles. The zero-order valence-electron chi connectivity index (χ0n) is 15.3. The molecule has 2 saturated heterocycles. The molecule has 0 spiro atoms. The van der Waals surface area contributed by atoms with Gasteiger partial charge in [0.05, 0.1) is 6.20 Å². The van der Waals surface area contributed by atoms with E-state index in [0.717, 1.165) is 31.5 Å². The number of likely N-dealkylation sites (tertiary alicyclic amines) is 1. The molecule has 1 atom stereocenters. The molecule has 134 valence electrons. The van der Waals surface area contributed by atoms with Crippen LogP contribution >= 0.6 is 0 Å². The highest BCUT2D eigenvalue weighted by molar-refractivity contribution is 5.76. The fourth-order valence-electron chi connectivity index (χ4n) is 3.95. The molecule has 1 amide bonds. The summed E-state index contributed by atoms with van der Waals surface area (Å²) in [4.78, 5) is 19.5. The third-order valence-corrected chi connectivity index (χ3v) is 5.75. The third kappa shape index (κ3) is 4.16. The molecule has 1 aromatic heterocycles. The Morgan fingerprint density at radius 2 is 1.88 bits per heavy atom. The Hall–Kier alpha value is -1.40. The summed E-state index contributed by atoms with van der Waals surface area (Å²) in [5.74, 6) is 0.910. The van der Waals surface area contributed by atoms with Crippen molar-refractivity contribution >= 4 is 5.91 Å². The Balaban J connectivity index is 1.45. The van der Waals surface area contributed by atoms with Crippen molar-refractivity contribution in [1.82, 2.24) is 24.5 Å². The molecule has 3 rings (SSSR count). The van der Waals surface area contributed by atoms with Crippen molar-refractivity contribution in [3.05, 3.63) is 18.0 Å². The molecule has 0 unspecified atom stereocenters. The van der Waals surface area contributed by atoms with Crippen molar-refractivity contribution in [3.63, 3.8) is 0 Å². The van der Waals surface area contributed by atoms with Crippen LogP contribution in [-0.4, -0.2) is 82.7 Å². The van der Waals surface area contributed by atoms with Gasteiger partial charge in [-0.05, 0) is 45.2 Å². The number of carbonyl (C=O) groups excluding carboxylic acids is 1. The molecule has 0 radical (unpaired) electrons. The van der Waals surface area contributed by atoms with Crippen LogP contribution in [0.3, 0.4) is 0 Å². The Kier molecular flexibility index (Phi) is 5.56. The minimum Gasteiger partial charge on any atom is -0.341 e. The van der Waals surface area contributed by atoms with Crippen molar-refractivity contribution in [2.45, 2.75) is 39.3 Å². The number of hydrogen-bond donors (Lipinski definition) is 0. The SMILES string of the molecule is Cc1cnn(CC(=O)N2CCC([C@H](C)N3CCN(C)CC3)CC2)c1. The molecule has 2 aliphatic rings. The second-order valence-electron chi connectivity index (χ2n) is 7.51. The van der Waals surface area contributed by atoms with Gasteiger partial charge in [0.25, 0.3) is 0 Å². The lowest BCUT2D eigenvalue weighted by Crippen LogP contribution is -2.52. The van der Waals surface area contributed by atoms with Crippen LogP contribution in [0.2, 0.25) is 0 Å². The number of nitrogens with zero attached hydrogens (tertiary/aromatic N) is 5. The van der Waals surface area contributed by atoms with Gasteiger partial charge in [-0.2, -0.15) is 5.10 Å². The summed E-state index contributed by atoms with van der Waals surface area (Å²) in [6, 6.07) is 0.629.